The van der Waals surface area contributed by atoms with E-state index in [-0.39, 0.29) is 18.1 Å². The number of nitrogens with one attached hydrogen (secondary N) is 3. The Morgan fingerprint density at radius 2 is 2.00 bits per heavy atom. The van der Waals surface area contributed by atoms with Crippen LogP contribution in [0.25, 0.3) is 22.0 Å². The van der Waals surface area contributed by atoms with Crippen molar-refractivity contribution in [2.24, 2.45) is 0 Å². The van der Waals surface area contributed by atoms with E-state index in [1.807, 2.05) is 11.5 Å². The highest BCUT2D eigenvalue weighted by Gasteiger charge is 2.25. The van der Waals surface area contributed by atoms with Crippen molar-refractivity contribution in [2.45, 2.75) is 37.8 Å². The van der Waals surface area contributed by atoms with Crippen molar-refractivity contribution in [3.63, 3.8) is 0 Å². The number of hydrogen-bond donors (Lipinski definition) is 4. The summed E-state index contributed by atoms with van der Waals surface area (Å²) in [4.78, 5) is 35.2. The molecule has 1 fully saturated rings. The van der Waals surface area contributed by atoms with E-state index in [0.29, 0.717) is 47.8 Å². The molecule has 0 unspecified atom stereocenters. The molecule has 9 heteroatoms. The van der Waals surface area contributed by atoms with Gasteiger partial charge in [0.1, 0.15) is 0 Å². The summed E-state index contributed by atoms with van der Waals surface area (Å²) >= 11 is 0. The number of benzene rings is 1. The number of halogens is 1. The predicted octanol–water partition coefficient (Wildman–Crippen LogP) is 3.61. The quantitative estimate of drug-likeness (QED) is 0.377. The standard InChI is InChI=1S/C21H21FN4O4/c22-19-15(2-1-9-23-19)12-3-8-18-16(10-12)17(11-24-18)20(27)25-13-4-6-14(7-5-13)30-26-21(28)29/h1-3,8-11,13-14,24,26H,4-7H2,(H,25,27)(H,28,29). The number of carboxylic acid groups (broad SMARTS) is 1. The number of hydroxylamine groups is 1. The maximum absolute atomic E-state index is 14.1. The first-order valence-corrected chi connectivity index (χ1v) is 9.68. The van der Waals surface area contributed by atoms with Crippen molar-refractivity contribution >= 4 is 22.9 Å². The van der Waals surface area contributed by atoms with E-state index in [1.54, 1.807) is 30.5 Å². The zero-order chi connectivity index (χ0) is 21.1. The van der Waals surface area contributed by atoms with Gasteiger partial charge >= 0.3 is 6.09 Å². The third kappa shape index (κ3) is 4.25. The number of carbonyl (C=O) groups is 2. The first-order valence-electron chi connectivity index (χ1n) is 9.68. The third-order valence-corrected chi connectivity index (χ3v) is 5.32. The van der Waals surface area contributed by atoms with Crippen molar-refractivity contribution in [3.05, 3.63) is 54.2 Å². The minimum absolute atomic E-state index is 0.0221. The Kier molecular flexibility index (Phi) is 5.62. The smallest absolute Gasteiger partial charge is 0.428 e. The lowest BCUT2D eigenvalue weighted by molar-refractivity contribution is -0.0355. The minimum Gasteiger partial charge on any atom is -0.464 e. The molecule has 8 nitrogen and oxygen atoms in total. The minimum atomic E-state index is -1.23. The number of nitrogens with zero attached hydrogens (tertiary/aromatic N) is 1. The number of fused-ring (bicyclic) bond motifs is 1. The molecule has 0 spiro atoms. The number of hydrogen-bond acceptors (Lipinski definition) is 4. The Labute approximate surface area is 171 Å². The molecule has 4 N–H and O–H groups in total. The van der Waals surface area contributed by atoms with E-state index in [4.69, 9.17) is 9.94 Å². The van der Waals surface area contributed by atoms with Crippen molar-refractivity contribution < 1.29 is 23.9 Å². The van der Waals surface area contributed by atoms with Crippen LogP contribution in [-0.2, 0) is 4.84 Å². The van der Waals surface area contributed by atoms with Crippen LogP contribution >= 0.6 is 0 Å². The molecule has 1 aromatic carbocycles. The van der Waals surface area contributed by atoms with Gasteiger partial charge in [-0.25, -0.2) is 9.78 Å². The van der Waals surface area contributed by atoms with E-state index in [9.17, 15) is 14.0 Å². The van der Waals surface area contributed by atoms with Crippen molar-refractivity contribution in [2.75, 3.05) is 0 Å². The van der Waals surface area contributed by atoms with Gasteiger partial charge in [0.25, 0.3) is 5.91 Å². The van der Waals surface area contributed by atoms with E-state index in [0.717, 1.165) is 5.52 Å². The largest absolute Gasteiger partial charge is 0.464 e. The molecule has 156 valence electrons. The maximum Gasteiger partial charge on any atom is 0.428 e. The molecule has 4 rings (SSSR count). The van der Waals surface area contributed by atoms with Gasteiger partial charge in [0, 0.05) is 34.9 Å². The first kappa shape index (κ1) is 19.8. The van der Waals surface area contributed by atoms with E-state index >= 15 is 0 Å². The zero-order valence-electron chi connectivity index (χ0n) is 16.0. The van der Waals surface area contributed by atoms with Gasteiger partial charge in [-0.05, 0) is 55.5 Å². The number of pyridine rings is 1. The van der Waals surface area contributed by atoms with Gasteiger partial charge in [-0.3, -0.25) is 9.63 Å². The SMILES string of the molecule is O=C(O)NOC1CCC(NC(=O)c2c[nH]c3ccc(-c4cccnc4F)cc23)CC1. The summed E-state index contributed by atoms with van der Waals surface area (Å²) in [6.07, 6.45) is 4.28. The molecule has 2 amide bonds. The summed E-state index contributed by atoms with van der Waals surface area (Å²) in [5, 5.41) is 12.3. The van der Waals surface area contributed by atoms with Gasteiger partial charge in [0.15, 0.2) is 0 Å². The fourth-order valence-electron chi connectivity index (χ4n) is 3.80. The Morgan fingerprint density at radius 1 is 1.20 bits per heavy atom. The molecular weight excluding hydrogens is 391 g/mol. The van der Waals surface area contributed by atoms with Crippen LogP contribution < -0.4 is 10.8 Å². The zero-order valence-corrected chi connectivity index (χ0v) is 16.0. The molecule has 0 radical (unpaired) electrons. The molecule has 2 aromatic heterocycles. The highest BCUT2D eigenvalue weighted by atomic mass is 19.1. The highest BCUT2D eigenvalue weighted by molar-refractivity contribution is 6.07. The second-order valence-electron chi connectivity index (χ2n) is 7.28. The number of aromatic nitrogens is 2. The summed E-state index contributed by atoms with van der Waals surface area (Å²) in [7, 11) is 0. The number of rotatable bonds is 5. The van der Waals surface area contributed by atoms with Gasteiger partial charge in [0.2, 0.25) is 5.95 Å². The second kappa shape index (κ2) is 8.50. The molecule has 1 aliphatic rings. The average Bonchev–Trinajstić information content (AvgIpc) is 3.17. The van der Waals surface area contributed by atoms with Crippen LogP contribution in [0.4, 0.5) is 9.18 Å². The van der Waals surface area contributed by atoms with Crippen LogP contribution in [-0.4, -0.2) is 39.2 Å². The summed E-state index contributed by atoms with van der Waals surface area (Å²) in [5.41, 5.74) is 4.22. The Balaban J connectivity index is 1.46. The normalized spacial score (nSPS) is 18.8. The first-order chi connectivity index (χ1) is 14.5. The molecule has 30 heavy (non-hydrogen) atoms. The molecule has 3 aromatic rings. The summed E-state index contributed by atoms with van der Waals surface area (Å²) in [6.45, 7) is 0. The lowest BCUT2D eigenvalue weighted by Gasteiger charge is -2.28. The summed E-state index contributed by atoms with van der Waals surface area (Å²) in [5.74, 6) is -0.771. The van der Waals surface area contributed by atoms with Crippen molar-refractivity contribution in [3.8, 4) is 11.1 Å². The van der Waals surface area contributed by atoms with Gasteiger partial charge in [-0.1, -0.05) is 6.07 Å². The molecule has 0 bridgehead atoms. The molecule has 0 atom stereocenters. The van der Waals surface area contributed by atoms with Gasteiger partial charge in [-0.15, -0.1) is 0 Å². The van der Waals surface area contributed by atoms with E-state index < -0.39 is 12.0 Å². The Morgan fingerprint density at radius 3 is 2.73 bits per heavy atom. The van der Waals surface area contributed by atoms with Crippen LogP contribution in [0.1, 0.15) is 36.0 Å². The Bertz CT molecular complexity index is 1080. The van der Waals surface area contributed by atoms with Crippen LogP contribution in [0.15, 0.2) is 42.7 Å². The van der Waals surface area contributed by atoms with Gasteiger partial charge in [-0.2, -0.15) is 9.87 Å². The fraction of sp³-hybridized carbons (Fsp3) is 0.286. The molecule has 0 saturated heterocycles. The molecular formula is C21H21FN4O4. The average molecular weight is 412 g/mol. The lowest BCUT2D eigenvalue weighted by atomic mass is 9.93. The fourth-order valence-corrected chi connectivity index (χ4v) is 3.80. The maximum atomic E-state index is 14.1. The van der Waals surface area contributed by atoms with E-state index in [1.165, 1.54) is 6.20 Å². The van der Waals surface area contributed by atoms with Gasteiger partial charge < -0.3 is 15.4 Å². The van der Waals surface area contributed by atoms with Crippen LogP contribution in [0, 0.1) is 5.95 Å². The van der Waals surface area contributed by atoms with E-state index in [2.05, 4.69) is 15.3 Å². The number of amides is 2. The predicted molar refractivity (Wildman–Crippen MR) is 107 cm³/mol. The van der Waals surface area contributed by atoms with Crippen molar-refractivity contribution in [1.29, 1.82) is 0 Å². The second-order valence-corrected chi connectivity index (χ2v) is 7.28. The summed E-state index contributed by atoms with van der Waals surface area (Å²) < 4.78 is 14.1. The summed E-state index contributed by atoms with van der Waals surface area (Å²) in [6, 6.07) is 8.67. The third-order valence-electron chi connectivity index (χ3n) is 5.32. The van der Waals surface area contributed by atoms with Crippen LogP contribution in [0.5, 0.6) is 0 Å². The number of H-pyrrole nitrogens is 1. The molecule has 0 aliphatic heterocycles. The molecule has 1 saturated carbocycles. The van der Waals surface area contributed by atoms with Crippen LogP contribution in [0.2, 0.25) is 0 Å². The Hall–Kier alpha value is -3.46. The topological polar surface area (TPSA) is 116 Å². The highest BCUT2D eigenvalue weighted by Crippen LogP contribution is 2.28. The number of aromatic amines is 1. The molecule has 2 heterocycles. The van der Waals surface area contributed by atoms with Crippen molar-refractivity contribution in [1.82, 2.24) is 20.8 Å². The van der Waals surface area contributed by atoms with Crippen LogP contribution in [0.3, 0.4) is 0 Å². The monoisotopic (exact) mass is 412 g/mol. The van der Waals surface area contributed by atoms with Gasteiger partial charge in [0.05, 0.1) is 11.7 Å². The molecule has 1 aliphatic carbocycles. The lowest BCUT2D eigenvalue weighted by Crippen LogP contribution is -2.40. The number of carbonyl (C=O) groups excluding carboxylic acids is 1.